The third kappa shape index (κ3) is 4.06. The first-order valence-electron chi connectivity index (χ1n) is 7.17. The number of carbonyl (C=O) groups is 2. The van der Waals surface area contributed by atoms with E-state index in [0.29, 0.717) is 23.6 Å². The van der Waals surface area contributed by atoms with Gasteiger partial charge in [0.05, 0.1) is 11.1 Å². The second-order valence-corrected chi connectivity index (χ2v) is 6.73. The molecule has 0 radical (unpaired) electrons. The van der Waals surface area contributed by atoms with Gasteiger partial charge in [0.25, 0.3) is 5.91 Å². The van der Waals surface area contributed by atoms with Crippen LogP contribution in [0.3, 0.4) is 0 Å². The van der Waals surface area contributed by atoms with E-state index < -0.39 is 5.97 Å². The van der Waals surface area contributed by atoms with Crippen molar-refractivity contribution in [1.82, 2.24) is 5.32 Å². The lowest BCUT2D eigenvalue weighted by Gasteiger charge is -2.27. The van der Waals surface area contributed by atoms with Gasteiger partial charge in [-0.25, -0.2) is 4.79 Å². The number of rotatable bonds is 4. The van der Waals surface area contributed by atoms with Crippen LogP contribution in [0.4, 0.5) is 0 Å². The zero-order valence-corrected chi connectivity index (χ0v) is 13.7. The molecule has 116 valence electrons. The number of carboxylic acids is 1. The average Bonchev–Trinajstić information content (AvgIpc) is 2.36. The topological polar surface area (TPSA) is 66.4 Å². The van der Waals surface area contributed by atoms with Crippen molar-refractivity contribution in [1.29, 1.82) is 0 Å². The lowest BCUT2D eigenvalue weighted by Crippen LogP contribution is -2.34. The monoisotopic (exact) mass is 291 g/mol. The van der Waals surface area contributed by atoms with E-state index in [-0.39, 0.29) is 22.4 Å². The first-order valence-corrected chi connectivity index (χ1v) is 7.17. The zero-order valence-electron chi connectivity index (χ0n) is 13.7. The molecule has 1 amide bonds. The van der Waals surface area contributed by atoms with E-state index in [2.05, 4.69) is 33.0 Å². The minimum Gasteiger partial charge on any atom is -0.478 e. The maximum absolute atomic E-state index is 12.4. The molecule has 4 heteroatoms. The molecule has 1 aromatic carbocycles. The van der Waals surface area contributed by atoms with Gasteiger partial charge in [-0.2, -0.15) is 0 Å². The fourth-order valence-corrected chi connectivity index (χ4v) is 2.02. The van der Waals surface area contributed by atoms with Crippen molar-refractivity contribution >= 4 is 11.9 Å². The molecule has 1 rings (SSSR count). The highest BCUT2D eigenvalue weighted by Crippen LogP contribution is 2.25. The minimum absolute atomic E-state index is 0.0879. The molecule has 1 unspecified atom stereocenters. The Balaban J connectivity index is 3.03. The SMILES string of the molecule is Cc1ccc(C)c(C(=O)NCC(C)C(C)(C)C)c1C(=O)O. The lowest BCUT2D eigenvalue weighted by atomic mass is 9.82. The zero-order chi connectivity index (χ0) is 16.4. The molecule has 1 atom stereocenters. The number of nitrogens with one attached hydrogen (secondary N) is 1. The Hall–Kier alpha value is -1.84. The van der Waals surface area contributed by atoms with Gasteiger partial charge >= 0.3 is 5.97 Å². The van der Waals surface area contributed by atoms with Gasteiger partial charge in [-0.3, -0.25) is 4.79 Å². The Morgan fingerprint density at radius 3 is 2.05 bits per heavy atom. The highest BCUT2D eigenvalue weighted by Gasteiger charge is 2.24. The van der Waals surface area contributed by atoms with E-state index in [1.165, 1.54) is 0 Å². The van der Waals surface area contributed by atoms with E-state index in [9.17, 15) is 14.7 Å². The maximum Gasteiger partial charge on any atom is 0.336 e. The number of amides is 1. The van der Waals surface area contributed by atoms with E-state index in [4.69, 9.17) is 0 Å². The van der Waals surface area contributed by atoms with Gasteiger partial charge in [0, 0.05) is 6.54 Å². The first kappa shape index (κ1) is 17.2. The van der Waals surface area contributed by atoms with Crippen LogP contribution in [-0.2, 0) is 0 Å². The molecule has 0 aromatic heterocycles. The summed E-state index contributed by atoms with van der Waals surface area (Å²) < 4.78 is 0. The number of aryl methyl sites for hydroxylation is 2. The molecule has 0 fully saturated rings. The predicted molar refractivity (Wildman–Crippen MR) is 83.8 cm³/mol. The lowest BCUT2D eigenvalue weighted by molar-refractivity contribution is 0.0689. The van der Waals surface area contributed by atoms with Gasteiger partial charge in [0.2, 0.25) is 0 Å². The fourth-order valence-electron chi connectivity index (χ4n) is 2.02. The molecule has 0 saturated carbocycles. The summed E-state index contributed by atoms with van der Waals surface area (Å²) in [6, 6.07) is 3.51. The van der Waals surface area contributed by atoms with Crippen molar-refractivity contribution in [3.8, 4) is 0 Å². The number of aromatic carboxylic acids is 1. The fraction of sp³-hybridized carbons (Fsp3) is 0.529. The molecule has 0 aliphatic carbocycles. The van der Waals surface area contributed by atoms with Gasteiger partial charge < -0.3 is 10.4 Å². The largest absolute Gasteiger partial charge is 0.478 e. The molecular weight excluding hydrogens is 266 g/mol. The van der Waals surface area contributed by atoms with Crippen LogP contribution >= 0.6 is 0 Å². The molecule has 2 N–H and O–H groups in total. The van der Waals surface area contributed by atoms with Gasteiger partial charge in [0.1, 0.15) is 0 Å². The number of hydrogen-bond donors (Lipinski definition) is 2. The Kier molecular flexibility index (Phi) is 5.15. The highest BCUT2D eigenvalue weighted by atomic mass is 16.4. The quantitative estimate of drug-likeness (QED) is 0.893. The van der Waals surface area contributed by atoms with Crippen molar-refractivity contribution < 1.29 is 14.7 Å². The smallest absolute Gasteiger partial charge is 0.336 e. The van der Waals surface area contributed by atoms with E-state index in [0.717, 1.165) is 0 Å². The predicted octanol–water partition coefficient (Wildman–Crippen LogP) is 3.41. The second kappa shape index (κ2) is 6.29. The van der Waals surface area contributed by atoms with Crippen LogP contribution in [0.25, 0.3) is 0 Å². The van der Waals surface area contributed by atoms with Crippen molar-refractivity contribution in [3.05, 3.63) is 34.4 Å². The summed E-state index contributed by atoms with van der Waals surface area (Å²) in [6.45, 7) is 12.4. The molecule has 0 bridgehead atoms. The van der Waals surface area contributed by atoms with Crippen LogP contribution in [0.5, 0.6) is 0 Å². The Bertz CT molecular complexity index is 556. The van der Waals surface area contributed by atoms with Gasteiger partial charge in [-0.1, -0.05) is 39.8 Å². The summed E-state index contributed by atoms with van der Waals surface area (Å²) in [7, 11) is 0. The molecule has 21 heavy (non-hydrogen) atoms. The number of hydrogen-bond acceptors (Lipinski definition) is 2. The Morgan fingerprint density at radius 2 is 1.62 bits per heavy atom. The van der Waals surface area contributed by atoms with Crippen LogP contribution in [0.15, 0.2) is 12.1 Å². The standard InChI is InChI=1S/C17H25NO3/c1-10-7-8-11(2)14(16(20)21)13(10)15(19)18-9-12(3)17(4,5)6/h7-8,12H,9H2,1-6H3,(H,18,19)(H,20,21). The molecule has 4 nitrogen and oxygen atoms in total. The van der Waals surface area contributed by atoms with E-state index in [1.807, 2.05) is 0 Å². The summed E-state index contributed by atoms with van der Waals surface area (Å²) in [4.78, 5) is 23.8. The highest BCUT2D eigenvalue weighted by molar-refractivity contribution is 6.06. The third-order valence-electron chi connectivity index (χ3n) is 4.11. The number of carbonyl (C=O) groups excluding carboxylic acids is 1. The van der Waals surface area contributed by atoms with Gasteiger partial charge in [-0.05, 0) is 36.3 Å². The molecule has 1 aromatic rings. The molecule has 0 aliphatic rings. The summed E-state index contributed by atoms with van der Waals surface area (Å²) >= 11 is 0. The first-order chi connectivity index (χ1) is 9.55. The maximum atomic E-state index is 12.4. The molecule has 0 spiro atoms. The van der Waals surface area contributed by atoms with Crippen molar-refractivity contribution in [2.75, 3.05) is 6.54 Å². The summed E-state index contributed by atoms with van der Waals surface area (Å²) in [6.07, 6.45) is 0. The van der Waals surface area contributed by atoms with Crippen LogP contribution < -0.4 is 5.32 Å². The number of carboxylic acid groups (broad SMARTS) is 1. The third-order valence-corrected chi connectivity index (χ3v) is 4.11. The van der Waals surface area contributed by atoms with Crippen LogP contribution in [0.2, 0.25) is 0 Å². The van der Waals surface area contributed by atoms with Crippen molar-refractivity contribution in [2.45, 2.75) is 41.5 Å². The van der Waals surface area contributed by atoms with Gasteiger partial charge in [-0.15, -0.1) is 0 Å². The Labute approximate surface area is 126 Å². The van der Waals surface area contributed by atoms with Crippen molar-refractivity contribution in [2.24, 2.45) is 11.3 Å². The van der Waals surface area contributed by atoms with E-state index in [1.54, 1.807) is 26.0 Å². The van der Waals surface area contributed by atoms with Crippen LogP contribution in [0, 0.1) is 25.2 Å². The van der Waals surface area contributed by atoms with Gasteiger partial charge in [0.15, 0.2) is 0 Å². The Morgan fingerprint density at radius 1 is 1.14 bits per heavy atom. The average molecular weight is 291 g/mol. The second-order valence-electron chi connectivity index (χ2n) is 6.73. The summed E-state index contributed by atoms with van der Waals surface area (Å²) in [5.74, 6) is -1.09. The minimum atomic E-state index is -1.06. The number of benzene rings is 1. The van der Waals surface area contributed by atoms with Crippen LogP contribution in [-0.4, -0.2) is 23.5 Å². The van der Waals surface area contributed by atoms with Crippen LogP contribution in [0.1, 0.15) is 59.5 Å². The molecule has 0 aliphatic heterocycles. The van der Waals surface area contributed by atoms with E-state index >= 15 is 0 Å². The summed E-state index contributed by atoms with van der Waals surface area (Å²) in [5.41, 5.74) is 1.73. The molecule has 0 heterocycles. The normalized spacial score (nSPS) is 12.9. The van der Waals surface area contributed by atoms with Crippen molar-refractivity contribution in [3.63, 3.8) is 0 Å². The molecular formula is C17H25NO3. The summed E-state index contributed by atoms with van der Waals surface area (Å²) in [5, 5.41) is 12.2. The molecule has 0 saturated heterocycles.